The van der Waals surface area contributed by atoms with Gasteiger partial charge in [-0.15, -0.1) is 0 Å². The van der Waals surface area contributed by atoms with Crippen molar-refractivity contribution in [2.24, 2.45) is 0 Å². The van der Waals surface area contributed by atoms with Crippen LogP contribution >= 0.6 is 11.6 Å². The van der Waals surface area contributed by atoms with Crippen molar-refractivity contribution in [3.05, 3.63) is 64.4 Å². The molecule has 4 heteroatoms. The molecule has 0 spiro atoms. The van der Waals surface area contributed by atoms with E-state index >= 15 is 0 Å². The Kier molecular flexibility index (Phi) is 4.26. The Balaban J connectivity index is 2.31. The van der Waals surface area contributed by atoms with Crippen LogP contribution in [0.2, 0.25) is 5.02 Å². The molecule has 0 aliphatic carbocycles. The molecule has 2 aromatic rings. The molecular formula is C16H14ClFN2. The van der Waals surface area contributed by atoms with Gasteiger partial charge in [-0.1, -0.05) is 23.7 Å². The first-order chi connectivity index (χ1) is 9.51. The van der Waals surface area contributed by atoms with Gasteiger partial charge in [-0.25, -0.2) is 4.39 Å². The van der Waals surface area contributed by atoms with E-state index in [0.717, 1.165) is 5.56 Å². The number of hydrogen-bond donors (Lipinski definition) is 0. The van der Waals surface area contributed by atoms with Gasteiger partial charge in [-0.3, -0.25) is 0 Å². The van der Waals surface area contributed by atoms with Crippen molar-refractivity contribution < 1.29 is 4.39 Å². The fraction of sp³-hybridized carbons (Fsp3) is 0.188. The molecule has 1 atom stereocenters. The second-order valence-electron chi connectivity index (χ2n) is 4.65. The van der Waals surface area contributed by atoms with Gasteiger partial charge in [-0.05, 0) is 42.8 Å². The van der Waals surface area contributed by atoms with Crippen LogP contribution in [0.15, 0.2) is 42.5 Å². The van der Waals surface area contributed by atoms with Crippen LogP contribution in [-0.2, 0) is 0 Å². The van der Waals surface area contributed by atoms with Gasteiger partial charge in [0, 0.05) is 17.8 Å². The van der Waals surface area contributed by atoms with Crippen LogP contribution in [0.3, 0.4) is 0 Å². The van der Waals surface area contributed by atoms with E-state index in [2.05, 4.69) is 0 Å². The summed E-state index contributed by atoms with van der Waals surface area (Å²) in [5.74, 6) is -0.408. The molecule has 2 rings (SSSR count). The van der Waals surface area contributed by atoms with E-state index in [1.807, 2.05) is 49.2 Å². The lowest BCUT2D eigenvalue weighted by Crippen LogP contribution is -2.21. The number of anilines is 1. The maximum absolute atomic E-state index is 13.5. The zero-order chi connectivity index (χ0) is 14.7. The minimum atomic E-state index is -0.408. The molecular weight excluding hydrogens is 275 g/mol. The van der Waals surface area contributed by atoms with Crippen molar-refractivity contribution in [1.29, 1.82) is 5.26 Å². The highest BCUT2D eigenvalue weighted by molar-refractivity contribution is 6.30. The van der Waals surface area contributed by atoms with Crippen molar-refractivity contribution in [3.8, 4) is 6.07 Å². The van der Waals surface area contributed by atoms with Crippen molar-refractivity contribution in [3.63, 3.8) is 0 Å². The molecule has 2 aromatic carbocycles. The largest absolute Gasteiger partial charge is 0.368 e. The quantitative estimate of drug-likeness (QED) is 0.828. The Hall–Kier alpha value is -2.05. The number of nitriles is 1. The van der Waals surface area contributed by atoms with Crippen LogP contribution in [0.25, 0.3) is 0 Å². The number of nitrogens with zero attached hydrogens (tertiary/aromatic N) is 2. The van der Waals surface area contributed by atoms with Crippen LogP contribution in [0.1, 0.15) is 24.1 Å². The van der Waals surface area contributed by atoms with E-state index in [0.29, 0.717) is 16.3 Å². The zero-order valence-electron chi connectivity index (χ0n) is 11.3. The fourth-order valence-corrected chi connectivity index (χ4v) is 2.16. The molecule has 0 fully saturated rings. The number of hydrogen-bond acceptors (Lipinski definition) is 2. The SMILES string of the molecule is CC(c1ccc(Cl)cc1)N(C)c1cc(F)cc(C#N)c1. The highest BCUT2D eigenvalue weighted by Gasteiger charge is 2.14. The predicted molar refractivity (Wildman–Crippen MR) is 79.4 cm³/mol. The average molecular weight is 289 g/mol. The summed E-state index contributed by atoms with van der Waals surface area (Å²) in [6, 6.07) is 13.9. The molecule has 102 valence electrons. The second-order valence-corrected chi connectivity index (χ2v) is 5.08. The minimum absolute atomic E-state index is 0.0422. The molecule has 0 N–H and O–H groups in total. The highest BCUT2D eigenvalue weighted by Crippen LogP contribution is 2.27. The van der Waals surface area contributed by atoms with Crippen LogP contribution < -0.4 is 4.90 Å². The van der Waals surface area contributed by atoms with E-state index in [1.54, 1.807) is 6.07 Å². The number of halogens is 2. The van der Waals surface area contributed by atoms with Gasteiger partial charge in [-0.2, -0.15) is 5.26 Å². The Morgan fingerprint density at radius 3 is 2.45 bits per heavy atom. The lowest BCUT2D eigenvalue weighted by molar-refractivity contribution is 0.625. The molecule has 2 nitrogen and oxygen atoms in total. The monoisotopic (exact) mass is 288 g/mol. The molecule has 20 heavy (non-hydrogen) atoms. The smallest absolute Gasteiger partial charge is 0.126 e. The highest BCUT2D eigenvalue weighted by atomic mass is 35.5. The van der Waals surface area contributed by atoms with E-state index in [-0.39, 0.29) is 6.04 Å². The molecule has 0 bridgehead atoms. The first-order valence-electron chi connectivity index (χ1n) is 6.20. The van der Waals surface area contributed by atoms with Gasteiger partial charge < -0.3 is 4.90 Å². The van der Waals surface area contributed by atoms with Crippen LogP contribution in [0.5, 0.6) is 0 Å². The molecule has 0 heterocycles. The van der Waals surface area contributed by atoms with Gasteiger partial charge in [0.25, 0.3) is 0 Å². The van der Waals surface area contributed by atoms with Gasteiger partial charge in [0.15, 0.2) is 0 Å². The van der Waals surface area contributed by atoms with Crippen molar-refractivity contribution in [2.45, 2.75) is 13.0 Å². The van der Waals surface area contributed by atoms with Crippen LogP contribution in [0.4, 0.5) is 10.1 Å². The maximum atomic E-state index is 13.5. The first-order valence-corrected chi connectivity index (χ1v) is 6.58. The molecule has 1 unspecified atom stereocenters. The Morgan fingerprint density at radius 1 is 1.20 bits per heavy atom. The van der Waals surface area contributed by atoms with E-state index in [1.165, 1.54) is 12.1 Å². The molecule has 0 radical (unpaired) electrons. The summed E-state index contributed by atoms with van der Waals surface area (Å²) < 4.78 is 13.5. The van der Waals surface area contributed by atoms with E-state index in [9.17, 15) is 4.39 Å². The Morgan fingerprint density at radius 2 is 1.85 bits per heavy atom. The van der Waals surface area contributed by atoms with Gasteiger partial charge in [0.2, 0.25) is 0 Å². The molecule has 0 amide bonds. The third-order valence-corrected chi connectivity index (χ3v) is 3.60. The number of rotatable bonds is 3. The normalized spacial score (nSPS) is 11.8. The Bertz CT molecular complexity index is 647. The molecule has 0 aromatic heterocycles. The summed E-state index contributed by atoms with van der Waals surface area (Å²) in [5.41, 5.74) is 2.05. The predicted octanol–water partition coefficient (Wildman–Crippen LogP) is 4.55. The maximum Gasteiger partial charge on any atom is 0.126 e. The standard InChI is InChI=1S/C16H14ClFN2/c1-11(13-3-5-14(17)6-4-13)20(2)16-8-12(10-19)7-15(18)9-16/h3-9,11H,1-2H3. The van der Waals surface area contributed by atoms with Crippen LogP contribution in [-0.4, -0.2) is 7.05 Å². The number of benzene rings is 2. The van der Waals surface area contributed by atoms with Gasteiger partial charge in [0.05, 0.1) is 17.7 Å². The summed E-state index contributed by atoms with van der Waals surface area (Å²) in [6.45, 7) is 2.01. The summed E-state index contributed by atoms with van der Waals surface area (Å²) in [7, 11) is 1.87. The van der Waals surface area contributed by atoms with Gasteiger partial charge >= 0.3 is 0 Å². The van der Waals surface area contributed by atoms with E-state index < -0.39 is 5.82 Å². The van der Waals surface area contributed by atoms with Gasteiger partial charge in [0.1, 0.15) is 5.82 Å². The molecule has 0 aliphatic heterocycles. The second kappa shape index (κ2) is 5.94. The molecule has 0 saturated heterocycles. The topological polar surface area (TPSA) is 27.0 Å². The molecule has 0 saturated carbocycles. The lowest BCUT2D eigenvalue weighted by Gasteiger charge is -2.27. The summed E-state index contributed by atoms with van der Waals surface area (Å²) in [6.07, 6.45) is 0. The summed E-state index contributed by atoms with van der Waals surface area (Å²) in [5, 5.41) is 9.59. The fourth-order valence-electron chi connectivity index (χ4n) is 2.03. The average Bonchev–Trinajstić information content (AvgIpc) is 2.45. The lowest BCUT2D eigenvalue weighted by atomic mass is 10.1. The van der Waals surface area contributed by atoms with Crippen molar-refractivity contribution in [1.82, 2.24) is 0 Å². The van der Waals surface area contributed by atoms with Crippen molar-refractivity contribution >= 4 is 17.3 Å². The molecule has 0 aliphatic rings. The van der Waals surface area contributed by atoms with Crippen LogP contribution in [0, 0.1) is 17.1 Å². The Labute approximate surface area is 123 Å². The van der Waals surface area contributed by atoms with E-state index in [4.69, 9.17) is 16.9 Å². The third kappa shape index (κ3) is 3.09. The zero-order valence-corrected chi connectivity index (χ0v) is 12.0. The first kappa shape index (κ1) is 14.4. The summed E-state index contributed by atoms with van der Waals surface area (Å²) in [4.78, 5) is 1.92. The third-order valence-electron chi connectivity index (χ3n) is 3.35. The minimum Gasteiger partial charge on any atom is -0.368 e. The summed E-state index contributed by atoms with van der Waals surface area (Å²) >= 11 is 5.87. The van der Waals surface area contributed by atoms with Crippen molar-refractivity contribution in [2.75, 3.05) is 11.9 Å².